The van der Waals surface area contributed by atoms with Gasteiger partial charge in [-0.1, -0.05) is 12.1 Å². The predicted octanol–water partition coefficient (Wildman–Crippen LogP) is 0.485. The zero-order chi connectivity index (χ0) is 17.4. The standard InChI is InChI=1S/C17H21N3O4/c1-24-13-4-2-12(3-5-13)10-18-17(23)16-14(6-8-21)19-11-20-15(16)7-9-22/h2-5,11,21-22H,6-10H2,1H3,(H,18,23). The molecule has 1 amide bonds. The molecule has 0 unspecified atom stereocenters. The topological polar surface area (TPSA) is 105 Å². The number of nitrogens with one attached hydrogen (secondary N) is 1. The van der Waals surface area contributed by atoms with Gasteiger partial charge < -0.3 is 20.3 Å². The van der Waals surface area contributed by atoms with Crippen LogP contribution >= 0.6 is 0 Å². The van der Waals surface area contributed by atoms with Gasteiger partial charge in [0.1, 0.15) is 12.1 Å². The largest absolute Gasteiger partial charge is 0.497 e. The summed E-state index contributed by atoms with van der Waals surface area (Å²) >= 11 is 0. The zero-order valence-electron chi connectivity index (χ0n) is 13.5. The summed E-state index contributed by atoms with van der Waals surface area (Å²) in [5.74, 6) is 0.426. The van der Waals surface area contributed by atoms with E-state index in [1.54, 1.807) is 7.11 Å². The normalized spacial score (nSPS) is 10.5. The minimum absolute atomic E-state index is 0.117. The van der Waals surface area contributed by atoms with E-state index in [2.05, 4.69) is 15.3 Å². The molecule has 2 rings (SSSR count). The molecule has 0 aliphatic rings. The quantitative estimate of drug-likeness (QED) is 0.650. The van der Waals surface area contributed by atoms with Crippen molar-refractivity contribution in [3.8, 4) is 5.75 Å². The van der Waals surface area contributed by atoms with E-state index in [0.717, 1.165) is 11.3 Å². The first kappa shape index (κ1) is 17.8. The number of hydrogen-bond acceptors (Lipinski definition) is 6. The molecule has 1 aromatic heterocycles. The third kappa shape index (κ3) is 4.50. The lowest BCUT2D eigenvalue weighted by Gasteiger charge is -2.12. The number of benzene rings is 1. The molecule has 0 saturated carbocycles. The molecule has 1 aromatic carbocycles. The van der Waals surface area contributed by atoms with Crippen LogP contribution < -0.4 is 10.1 Å². The molecule has 7 nitrogen and oxygen atoms in total. The average molecular weight is 331 g/mol. The van der Waals surface area contributed by atoms with Crippen molar-refractivity contribution in [2.24, 2.45) is 0 Å². The minimum atomic E-state index is -0.321. The van der Waals surface area contributed by atoms with Crippen LogP contribution in [-0.4, -0.2) is 46.4 Å². The number of aliphatic hydroxyl groups is 2. The molecule has 0 saturated heterocycles. The van der Waals surface area contributed by atoms with Gasteiger partial charge in [-0.05, 0) is 17.7 Å². The summed E-state index contributed by atoms with van der Waals surface area (Å²) in [5.41, 5.74) is 2.20. The fourth-order valence-electron chi connectivity index (χ4n) is 2.33. The molecule has 0 fully saturated rings. The Morgan fingerprint density at radius 2 is 1.67 bits per heavy atom. The van der Waals surface area contributed by atoms with E-state index in [9.17, 15) is 4.79 Å². The average Bonchev–Trinajstić information content (AvgIpc) is 2.61. The highest BCUT2D eigenvalue weighted by Crippen LogP contribution is 2.14. The van der Waals surface area contributed by atoms with E-state index >= 15 is 0 Å². The first-order valence-electron chi connectivity index (χ1n) is 7.65. The van der Waals surface area contributed by atoms with E-state index in [4.69, 9.17) is 14.9 Å². The number of carbonyl (C=O) groups is 1. The summed E-state index contributed by atoms with van der Waals surface area (Å²) in [5, 5.41) is 21.1. The number of nitrogens with zero attached hydrogens (tertiary/aromatic N) is 2. The van der Waals surface area contributed by atoms with Crippen molar-refractivity contribution in [3.05, 3.63) is 53.1 Å². The Morgan fingerprint density at radius 3 is 2.17 bits per heavy atom. The van der Waals surface area contributed by atoms with Gasteiger partial charge in [0.15, 0.2) is 0 Å². The highest BCUT2D eigenvalue weighted by molar-refractivity contribution is 5.96. The van der Waals surface area contributed by atoms with E-state index in [-0.39, 0.29) is 32.0 Å². The Hall–Kier alpha value is -2.51. The van der Waals surface area contributed by atoms with Gasteiger partial charge >= 0.3 is 0 Å². The van der Waals surface area contributed by atoms with Crippen molar-refractivity contribution in [1.29, 1.82) is 0 Å². The number of aromatic nitrogens is 2. The smallest absolute Gasteiger partial charge is 0.255 e. The summed E-state index contributed by atoms with van der Waals surface area (Å²) in [6.45, 7) is 0.109. The van der Waals surface area contributed by atoms with E-state index < -0.39 is 0 Å². The van der Waals surface area contributed by atoms with Crippen LogP contribution in [0.3, 0.4) is 0 Å². The summed E-state index contributed by atoms with van der Waals surface area (Å²) < 4.78 is 5.10. The molecular weight excluding hydrogens is 310 g/mol. The lowest BCUT2D eigenvalue weighted by Crippen LogP contribution is -2.27. The third-order valence-electron chi connectivity index (χ3n) is 3.54. The fraction of sp³-hybridized carbons (Fsp3) is 0.353. The summed E-state index contributed by atoms with van der Waals surface area (Å²) in [6, 6.07) is 7.37. The number of aliphatic hydroxyl groups excluding tert-OH is 2. The molecule has 128 valence electrons. The second-order valence-corrected chi connectivity index (χ2v) is 5.12. The molecule has 0 spiro atoms. The molecule has 0 atom stereocenters. The Labute approximate surface area is 140 Å². The predicted molar refractivity (Wildman–Crippen MR) is 87.8 cm³/mol. The van der Waals surface area contributed by atoms with Crippen molar-refractivity contribution in [2.45, 2.75) is 19.4 Å². The van der Waals surface area contributed by atoms with Gasteiger partial charge in [-0.2, -0.15) is 0 Å². The Kier molecular flexibility index (Phi) is 6.65. The second-order valence-electron chi connectivity index (χ2n) is 5.12. The van der Waals surface area contributed by atoms with Crippen molar-refractivity contribution in [1.82, 2.24) is 15.3 Å². The Morgan fingerprint density at radius 1 is 1.08 bits per heavy atom. The van der Waals surface area contributed by atoms with Crippen molar-refractivity contribution in [2.75, 3.05) is 20.3 Å². The molecule has 1 heterocycles. The summed E-state index contributed by atoms with van der Waals surface area (Å²) in [6.07, 6.45) is 1.86. The summed E-state index contributed by atoms with van der Waals surface area (Å²) in [7, 11) is 1.59. The van der Waals surface area contributed by atoms with Crippen molar-refractivity contribution >= 4 is 5.91 Å². The molecule has 2 aromatic rings. The lowest BCUT2D eigenvalue weighted by molar-refractivity contribution is 0.0947. The van der Waals surface area contributed by atoms with Gasteiger partial charge in [0.05, 0.1) is 24.1 Å². The fourth-order valence-corrected chi connectivity index (χ4v) is 2.33. The number of rotatable bonds is 8. The van der Waals surface area contributed by atoms with Crippen molar-refractivity contribution < 1.29 is 19.7 Å². The number of amides is 1. The molecule has 3 N–H and O–H groups in total. The maximum atomic E-state index is 12.6. The maximum Gasteiger partial charge on any atom is 0.255 e. The molecule has 0 aliphatic heterocycles. The summed E-state index contributed by atoms with van der Waals surface area (Å²) in [4.78, 5) is 20.7. The first-order valence-corrected chi connectivity index (χ1v) is 7.65. The zero-order valence-corrected chi connectivity index (χ0v) is 13.5. The van der Waals surface area contributed by atoms with Crippen LogP contribution in [-0.2, 0) is 19.4 Å². The number of hydrogen-bond donors (Lipinski definition) is 3. The maximum absolute atomic E-state index is 12.6. The van der Waals surface area contributed by atoms with Crippen LogP contribution in [0.1, 0.15) is 27.3 Å². The second kappa shape index (κ2) is 8.95. The van der Waals surface area contributed by atoms with Gasteiger partial charge in [-0.25, -0.2) is 9.97 Å². The number of ether oxygens (including phenoxy) is 1. The van der Waals surface area contributed by atoms with Crippen LogP contribution in [0, 0.1) is 0 Å². The third-order valence-corrected chi connectivity index (χ3v) is 3.54. The van der Waals surface area contributed by atoms with Crippen molar-refractivity contribution in [3.63, 3.8) is 0 Å². The number of carbonyl (C=O) groups excluding carboxylic acids is 1. The van der Waals surface area contributed by atoms with Crippen LogP contribution in [0.4, 0.5) is 0 Å². The van der Waals surface area contributed by atoms with Gasteiger partial charge in [0.25, 0.3) is 5.91 Å². The lowest BCUT2D eigenvalue weighted by atomic mass is 10.1. The van der Waals surface area contributed by atoms with Crippen LogP contribution in [0.2, 0.25) is 0 Å². The van der Waals surface area contributed by atoms with Crippen LogP contribution in [0.5, 0.6) is 5.75 Å². The molecule has 0 aliphatic carbocycles. The molecule has 0 radical (unpaired) electrons. The molecule has 24 heavy (non-hydrogen) atoms. The van der Waals surface area contributed by atoms with E-state index in [0.29, 0.717) is 23.5 Å². The van der Waals surface area contributed by atoms with Gasteiger partial charge in [-0.3, -0.25) is 4.79 Å². The highest BCUT2D eigenvalue weighted by atomic mass is 16.5. The van der Waals surface area contributed by atoms with Gasteiger partial charge in [0, 0.05) is 32.6 Å². The van der Waals surface area contributed by atoms with E-state index in [1.807, 2.05) is 24.3 Å². The minimum Gasteiger partial charge on any atom is -0.497 e. The molecular formula is C17H21N3O4. The Balaban J connectivity index is 2.15. The SMILES string of the molecule is COc1ccc(CNC(=O)c2c(CCO)ncnc2CCO)cc1. The highest BCUT2D eigenvalue weighted by Gasteiger charge is 2.18. The number of methoxy groups -OCH3 is 1. The monoisotopic (exact) mass is 331 g/mol. The van der Waals surface area contributed by atoms with Crippen LogP contribution in [0.15, 0.2) is 30.6 Å². The molecule has 0 bridgehead atoms. The first-order chi connectivity index (χ1) is 11.7. The van der Waals surface area contributed by atoms with Gasteiger partial charge in [0.2, 0.25) is 0 Å². The van der Waals surface area contributed by atoms with Gasteiger partial charge in [-0.15, -0.1) is 0 Å². The molecule has 7 heteroatoms. The Bertz CT molecular complexity index is 650. The van der Waals surface area contributed by atoms with E-state index in [1.165, 1.54) is 6.33 Å². The van der Waals surface area contributed by atoms with Crippen LogP contribution in [0.25, 0.3) is 0 Å².